The normalized spacial score (nSPS) is 21.8. The van der Waals surface area contributed by atoms with Gasteiger partial charge in [0.05, 0.1) is 24.3 Å². The molecule has 0 saturated carbocycles. The van der Waals surface area contributed by atoms with E-state index in [1.807, 2.05) is 6.92 Å². The Bertz CT molecular complexity index is 372. The lowest BCUT2D eigenvalue weighted by molar-refractivity contribution is 0.286. The fraction of sp³-hybridized carbons (Fsp3) is 0.636. The van der Waals surface area contributed by atoms with Crippen LogP contribution in [0.4, 0.5) is 0 Å². The molecule has 1 aromatic heterocycles. The van der Waals surface area contributed by atoms with Crippen molar-refractivity contribution in [3.05, 3.63) is 15.6 Å². The minimum Gasteiger partial charge on any atom is -0.281 e. The Labute approximate surface area is 94.4 Å². The quantitative estimate of drug-likeness (QED) is 0.769. The number of hydrogen-bond acceptors (Lipinski definition) is 4. The third-order valence-corrected chi connectivity index (χ3v) is 3.98. The average molecular weight is 221 g/mol. The van der Waals surface area contributed by atoms with Gasteiger partial charge >= 0.3 is 0 Å². The van der Waals surface area contributed by atoms with Gasteiger partial charge in [-0.1, -0.05) is 0 Å². The number of thiazole rings is 1. The van der Waals surface area contributed by atoms with E-state index in [1.54, 1.807) is 11.3 Å². The Morgan fingerprint density at radius 2 is 2.40 bits per heavy atom. The molecule has 3 nitrogen and oxygen atoms in total. The number of aromatic nitrogens is 1. The van der Waals surface area contributed by atoms with Crippen molar-refractivity contribution in [3.63, 3.8) is 0 Å². The van der Waals surface area contributed by atoms with Crippen molar-refractivity contribution in [3.8, 4) is 6.07 Å². The molecule has 2 rings (SSSR count). The van der Waals surface area contributed by atoms with Gasteiger partial charge in [-0.25, -0.2) is 4.98 Å². The van der Waals surface area contributed by atoms with Gasteiger partial charge in [0.25, 0.3) is 0 Å². The smallest absolute Gasteiger partial charge is 0.107 e. The number of nitriles is 1. The van der Waals surface area contributed by atoms with Crippen molar-refractivity contribution in [1.29, 1.82) is 5.26 Å². The van der Waals surface area contributed by atoms with Crippen molar-refractivity contribution in [2.45, 2.75) is 39.3 Å². The molecule has 1 fully saturated rings. The molecule has 1 aromatic rings. The zero-order valence-corrected chi connectivity index (χ0v) is 9.97. The van der Waals surface area contributed by atoms with Crippen LogP contribution in [0.1, 0.15) is 28.4 Å². The number of aryl methyl sites for hydroxylation is 2. The van der Waals surface area contributed by atoms with E-state index in [0.717, 1.165) is 36.6 Å². The Morgan fingerprint density at radius 3 is 3.00 bits per heavy atom. The number of hydrogen-bond donors (Lipinski definition) is 0. The predicted octanol–water partition coefficient (Wildman–Crippen LogP) is 2.25. The molecule has 0 aromatic carbocycles. The summed E-state index contributed by atoms with van der Waals surface area (Å²) >= 11 is 1.75. The van der Waals surface area contributed by atoms with E-state index in [0.29, 0.717) is 0 Å². The summed E-state index contributed by atoms with van der Waals surface area (Å²) in [4.78, 5) is 8.03. The molecule has 15 heavy (non-hydrogen) atoms. The summed E-state index contributed by atoms with van der Waals surface area (Å²) in [6.07, 6.45) is 2.15. The molecule has 2 heterocycles. The van der Waals surface area contributed by atoms with E-state index in [4.69, 9.17) is 5.26 Å². The van der Waals surface area contributed by atoms with Crippen molar-refractivity contribution < 1.29 is 0 Å². The Morgan fingerprint density at radius 1 is 1.60 bits per heavy atom. The maximum atomic E-state index is 8.97. The predicted molar refractivity (Wildman–Crippen MR) is 60.6 cm³/mol. The van der Waals surface area contributed by atoms with Gasteiger partial charge in [0.1, 0.15) is 5.01 Å². The summed E-state index contributed by atoms with van der Waals surface area (Å²) in [5.74, 6) is 0. The van der Waals surface area contributed by atoms with Gasteiger partial charge in [0.15, 0.2) is 0 Å². The minimum absolute atomic E-state index is 0.106. The average Bonchev–Trinajstić information content (AvgIpc) is 2.75. The minimum atomic E-state index is 0.106. The molecule has 1 atom stereocenters. The van der Waals surface area contributed by atoms with Crippen LogP contribution in [-0.4, -0.2) is 22.5 Å². The molecule has 0 amide bonds. The molecule has 1 aliphatic heterocycles. The number of nitrogens with zero attached hydrogens (tertiary/aromatic N) is 3. The van der Waals surface area contributed by atoms with Gasteiger partial charge < -0.3 is 0 Å². The molecular weight excluding hydrogens is 206 g/mol. The highest BCUT2D eigenvalue weighted by Crippen LogP contribution is 2.23. The van der Waals surface area contributed by atoms with Crippen molar-refractivity contribution in [1.82, 2.24) is 9.88 Å². The van der Waals surface area contributed by atoms with Crippen LogP contribution in [0.5, 0.6) is 0 Å². The second kappa shape index (κ2) is 4.30. The molecule has 0 aliphatic carbocycles. The first kappa shape index (κ1) is 10.6. The Hall–Kier alpha value is -0.920. The van der Waals surface area contributed by atoms with E-state index in [-0.39, 0.29) is 6.04 Å². The van der Waals surface area contributed by atoms with E-state index >= 15 is 0 Å². The third-order valence-electron chi connectivity index (χ3n) is 2.92. The molecular formula is C11H15N3S. The molecule has 4 heteroatoms. The van der Waals surface area contributed by atoms with E-state index < -0.39 is 0 Å². The Kier molecular flexibility index (Phi) is 3.03. The van der Waals surface area contributed by atoms with Crippen LogP contribution in [-0.2, 0) is 6.54 Å². The molecule has 0 N–H and O–H groups in total. The molecule has 1 aliphatic rings. The molecule has 1 unspecified atom stereocenters. The Balaban J connectivity index is 2.06. The first-order valence-electron chi connectivity index (χ1n) is 5.27. The maximum absolute atomic E-state index is 8.97. The first-order chi connectivity index (χ1) is 7.20. The second-order valence-corrected chi connectivity index (χ2v) is 5.29. The highest BCUT2D eigenvalue weighted by atomic mass is 32.1. The standard InChI is InChI=1S/C11H15N3S/c1-8-9(2)15-11(13-8)7-14-5-3-4-10(14)6-12/h10H,3-5,7H2,1-2H3. The zero-order chi connectivity index (χ0) is 10.8. The summed E-state index contributed by atoms with van der Waals surface area (Å²) in [7, 11) is 0. The van der Waals surface area contributed by atoms with Gasteiger partial charge in [-0.15, -0.1) is 11.3 Å². The first-order valence-corrected chi connectivity index (χ1v) is 6.09. The lowest BCUT2D eigenvalue weighted by Gasteiger charge is -2.16. The van der Waals surface area contributed by atoms with Gasteiger partial charge in [-0.2, -0.15) is 5.26 Å². The lowest BCUT2D eigenvalue weighted by Crippen LogP contribution is -2.27. The summed E-state index contributed by atoms with van der Waals surface area (Å²) in [6, 6.07) is 2.46. The van der Waals surface area contributed by atoms with Gasteiger partial charge in [0, 0.05) is 4.88 Å². The highest BCUT2D eigenvalue weighted by molar-refractivity contribution is 7.11. The molecule has 1 saturated heterocycles. The summed E-state index contributed by atoms with van der Waals surface area (Å²) in [5, 5.41) is 10.1. The van der Waals surface area contributed by atoms with Crippen LogP contribution >= 0.6 is 11.3 Å². The van der Waals surface area contributed by atoms with Crippen LogP contribution < -0.4 is 0 Å². The van der Waals surface area contributed by atoms with Crippen LogP contribution in [0.3, 0.4) is 0 Å². The van der Waals surface area contributed by atoms with Crippen LogP contribution in [0, 0.1) is 25.2 Å². The van der Waals surface area contributed by atoms with Crippen molar-refractivity contribution >= 4 is 11.3 Å². The maximum Gasteiger partial charge on any atom is 0.107 e. The van der Waals surface area contributed by atoms with Gasteiger partial charge in [-0.05, 0) is 33.2 Å². The third kappa shape index (κ3) is 2.19. The van der Waals surface area contributed by atoms with E-state index in [2.05, 4.69) is 22.9 Å². The summed E-state index contributed by atoms with van der Waals surface area (Å²) in [5.41, 5.74) is 1.13. The fourth-order valence-corrected chi connectivity index (χ4v) is 2.90. The van der Waals surface area contributed by atoms with Crippen molar-refractivity contribution in [2.75, 3.05) is 6.54 Å². The number of likely N-dealkylation sites (tertiary alicyclic amines) is 1. The van der Waals surface area contributed by atoms with Gasteiger partial charge in [0.2, 0.25) is 0 Å². The highest BCUT2D eigenvalue weighted by Gasteiger charge is 2.24. The van der Waals surface area contributed by atoms with E-state index in [1.165, 1.54) is 4.88 Å². The van der Waals surface area contributed by atoms with Crippen molar-refractivity contribution in [2.24, 2.45) is 0 Å². The SMILES string of the molecule is Cc1nc(CN2CCCC2C#N)sc1C. The monoisotopic (exact) mass is 221 g/mol. The van der Waals surface area contributed by atoms with E-state index in [9.17, 15) is 0 Å². The topological polar surface area (TPSA) is 39.9 Å². The molecule has 0 radical (unpaired) electrons. The van der Waals surface area contributed by atoms with Crippen LogP contribution in [0.25, 0.3) is 0 Å². The van der Waals surface area contributed by atoms with Gasteiger partial charge in [-0.3, -0.25) is 4.90 Å². The summed E-state index contributed by atoms with van der Waals surface area (Å²) in [6.45, 7) is 6.02. The summed E-state index contributed by atoms with van der Waals surface area (Å²) < 4.78 is 0. The lowest BCUT2D eigenvalue weighted by atomic mass is 10.2. The largest absolute Gasteiger partial charge is 0.281 e. The molecule has 80 valence electrons. The van der Waals surface area contributed by atoms with Crippen LogP contribution in [0.15, 0.2) is 0 Å². The second-order valence-electron chi connectivity index (χ2n) is 4.01. The zero-order valence-electron chi connectivity index (χ0n) is 9.16. The van der Waals surface area contributed by atoms with Crippen LogP contribution in [0.2, 0.25) is 0 Å². The molecule has 0 bridgehead atoms. The molecule has 0 spiro atoms. The fourth-order valence-electron chi connectivity index (χ4n) is 1.94. The number of rotatable bonds is 2.